The van der Waals surface area contributed by atoms with Gasteiger partial charge in [0, 0.05) is 11.8 Å². The summed E-state index contributed by atoms with van der Waals surface area (Å²) < 4.78 is 0. The number of pyridine rings is 1. The van der Waals surface area contributed by atoms with Crippen LogP contribution in [0.3, 0.4) is 0 Å². The minimum atomic E-state index is -1.00. The van der Waals surface area contributed by atoms with Gasteiger partial charge in [0.2, 0.25) is 0 Å². The van der Waals surface area contributed by atoms with Crippen LogP contribution < -0.4 is 0 Å². The number of hydrogen-bond donors (Lipinski definition) is 1. The first-order valence-electron chi connectivity index (χ1n) is 6.41. The molecule has 0 radical (unpaired) electrons. The Balaban J connectivity index is 2.24. The highest BCUT2D eigenvalue weighted by Crippen LogP contribution is 2.23. The molecule has 0 amide bonds. The standard InChI is InChI=1S/C16H17NO2/c1-3-11(2)12-4-6-13(7-5-12)14-8-9-15(16(18)19)17-10-14/h4-11H,3H2,1-2H3,(H,18,19)/t11-/m0/s1. The fourth-order valence-corrected chi connectivity index (χ4v) is 1.93. The summed E-state index contributed by atoms with van der Waals surface area (Å²) in [6.07, 6.45) is 2.72. The van der Waals surface area contributed by atoms with E-state index in [9.17, 15) is 4.79 Å². The topological polar surface area (TPSA) is 50.2 Å². The predicted octanol–water partition coefficient (Wildman–Crippen LogP) is 3.96. The van der Waals surface area contributed by atoms with Crippen LogP contribution in [0.2, 0.25) is 0 Å². The van der Waals surface area contributed by atoms with E-state index in [1.807, 2.05) is 0 Å². The van der Waals surface area contributed by atoms with Crippen LogP contribution in [-0.2, 0) is 0 Å². The van der Waals surface area contributed by atoms with E-state index in [1.165, 1.54) is 11.6 Å². The Labute approximate surface area is 112 Å². The van der Waals surface area contributed by atoms with Crippen molar-refractivity contribution in [3.63, 3.8) is 0 Å². The summed E-state index contributed by atoms with van der Waals surface area (Å²) in [5.74, 6) is -0.444. The average Bonchev–Trinajstić information content (AvgIpc) is 2.46. The molecule has 0 aliphatic rings. The molecule has 2 aromatic rings. The summed E-state index contributed by atoms with van der Waals surface area (Å²) in [6, 6.07) is 11.7. The Bertz CT molecular complexity index is 558. The molecule has 0 saturated carbocycles. The number of rotatable bonds is 4. The van der Waals surface area contributed by atoms with E-state index in [4.69, 9.17) is 5.11 Å². The smallest absolute Gasteiger partial charge is 0.354 e. The van der Waals surface area contributed by atoms with E-state index in [-0.39, 0.29) is 5.69 Å². The van der Waals surface area contributed by atoms with Crippen molar-refractivity contribution in [3.8, 4) is 11.1 Å². The first kappa shape index (κ1) is 13.3. The van der Waals surface area contributed by atoms with Crippen molar-refractivity contribution >= 4 is 5.97 Å². The third-order valence-corrected chi connectivity index (χ3v) is 3.41. The zero-order valence-electron chi connectivity index (χ0n) is 11.1. The molecule has 0 aliphatic carbocycles. The van der Waals surface area contributed by atoms with Crippen molar-refractivity contribution in [1.82, 2.24) is 4.98 Å². The first-order chi connectivity index (χ1) is 9.11. The van der Waals surface area contributed by atoms with Crippen LogP contribution in [0.4, 0.5) is 0 Å². The first-order valence-corrected chi connectivity index (χ1v) is 6.41. The molecule has 19 heavy (non-hydrogen) atoms. The van der Waals surface area contributed by atoms with E-state index in [2.05, 4.69) is 43.1 Å². The zero-order chi connectivity index (χ0) is 13.8. The van der Waals surface area contributed by atoms with Crippen molar-refractivity contribution in [3.05, 3.63) is 53.9 Å². The van der Waals surface area contributed by atoms with Crippen molar-refractivity contribution in [2.24, 2.45) is 0 Å². The zero-order valence-corrected chi connectivity index (χ0v) is 11.1. The quantitative estimate of drug-likeness (QED) is 0.899. The maximum Gasteiger partial charge on any atom is 0.354 e. The second-order valence-electron chi connectivity index (χ2n) is 4.67. The van der Waals surface area contributed by atoms with Crippen molar-refractivity contribution in [1.29, 1.82) is 0 Å². The summed E-state index contributed by atoms with van der Waals surface area (Å²) in [7, 11) is 0. The Morgan fingerprint density at radius 3 is 2.26 bits per heavy atom. The van der Waals surface area contributed by atoms with Crippen LogP contribution in [0.15, 0.2) is 42.6 Å². The Morgan fingerprint density at radius 1 is 1.16 bits per heavy atom. The normalized spacial score (nSPS) is 12.1. The molecule has 98 valence electrons. The number of carboxylic acids is 1. The van der Waals surface area contributed by atoms with E-state index in [0.717, 1.165) is 17.5 Å². The molecule has 0 aliphatic heterocycles. The number of carboxylic acid groups (broad SMARTS) is 1. The second-order valence-corrected chi connectivity index (χ2v) is 4.67. The molecular formula is C16H17NO2. The number of aromatic carboxylic acids is 1. The fraction of sp³-hybridized carbons (Fsp3) is 0.250. The fourth-order valence-electron chi connectivity index (χ4n) is 1.93. The molecule has 0 spiro atoms. The molecule has 0 fully saturated rings. The van der Waals surface area contributed by atoms with Gasteiger partial charge in [-0.15, -0.1) is 0 Å². The van der Waals surface area contributed by atoms with E-state index in [1.54, 1.807) is 12.3 Å². The molecule has 3 heteroatoms. The number of carbonyl (C=O) groups is 1. The molecule has 0 unspecified atom stereocenters. The van der Waals surface area contributed by atoms with Gasteiger partial charge in [-0.1, -0.05) is 44.2 Å². The SMILES string of the molecule is CC[C@H](C)c1ccc(-c2ccc(C(=O)O)nc2)cc1. The predicted molar refractivity (Wildman–Crippen MR) is 75.3 cm³/mol. The molecule has 1 aromatic carbocycles. The molecule has 0 saturated heterocycles. The maximum atomic E-state index is 10.7. The Morgan fingerprint density at radius 2 is 1.79 bits per heavy atom. The van der Waals surface area contributed by atoms with Crippen molar-refractivity contribution < 1.29 is 9.90 Å². The maximum absolute atomic E-state index is 10.7. The lowest BCUT2D eigenvalue weighted by Crippen LogP contribution is -1.99. The second kappa shape index (κ2) is 5.65. The van der Waals surface area contributed by atoms with Crippen LogP contribution in [0.1, 0.15) is 42.2 Å². The third-order valence-electron chi connectivity index (χ3n) is 3.41. The summed E-state index contributed by atoms with van der Waals surface area (Å²) in [6.45, 7) is 4.38. The van der Waals surface area contributed by atoms with Gasteiger partial charge in [-0.25, -0.2) is 9.78 Å². The largest absolute Gasteiger partial charge is 0.477 e. The number of nitrogens with zero attached hydrogens (tertiary/aromatic N) is 1. The monoisotopic (exact) mass is 255 g/mol. The van der Waals surface area contributed by atoms with Gasteiger partial charge in [0.15, 0.2) is 0 Å². The third kappa shape index (κ3) is 2.99. The lowest BCUT2D eigenvalue weighted by atomic mass is 9.96. The van der Waals surface area contributed by atoms with Crippen LogP contribution >= 0.6 is 0 Å². The van der Waals surface area contributed by atoms with E-state index >= 15 is 0 Å². The van der Waals surface area contributed by atoms with Crippen molar-refractivity contribution in [2.45, 2.75) is 26.2 Å². The van der Waals surface area contributed by atoms with Gasteiger partial charge in [0.25, 0.3) is 0 Å². The van der Waals surface area contributed by atoms with Gasteiger partial charge in [-0.3, -0.25) is 0 Å². The lowest BCUT2D eigenvalue weighted by Gasteiger charge is -2.09. The van der Waals surface area contributed by atoms with Gasteiger partial charge in [-0.2, -0.15) is 0 Å². The van der Waals surface area contributed by atoms with Crippen LogP contribution in [0.5, 0.6) is 0 Å². The number of benzene rings is 1. The minimum absolute atomic E-state index is 0.0694. The van der Waals surface area contributed by atoms with E-state index in [0.29, 0.717) is 5.92 Å². The van der Waals surface area contributed by atoms with Gasteiger partial charge >= 0.3 is 5.97 Å². The molecule has 1 heterocycles. The molecule has 1 N–H and O–H groups in total. The van der Waals surface area contributed by atoms with Crippen LogP contribution in [0.25, 0.3) is 11.1 Å². The summed E-state index contributed by atoms with van der Waals surface area (Å²) in [4.78, 5) is 14.7. The summed E-state index contributed by atoms with van der Waals surface area (Å²) >= 11 is 0. The summed E-state index contributed by atoms with van der Waals surface area (Å²) in [5.41, 5.74) is 3.37. The highest BCUT2D eigenvalue weighted by molar-refractivity contribution is 5.85. The molecule has 1 aromatic heterocycles. The average molecular weight is 255 g/mol. The van der Waals surface area contributed by atoms with Gasteiger partial charge in [-0.05, 0) is 29.5 Å². The van der Waals surface area contributed by atoms with Crippen LogP contribution in [-0.4, -0.2) is 16.1 Å². The Hall–Kier alpha value is -2.16. The van der Waals surface area contributed by atoms with Gasteiger partial charge in [0.05, 0.1) is 0 Å². The lowest BCUT2D eigenvalue weighted by molar-refractivity contribution is 0.0690. The van der Waals surface area contributed by atoms with Crippen molar-refractivity contribution in [2.75, 3.05) is 0 Å². The molecule has 2 rings (SSSR count). The molecule has 1 atom stereocenters. The van der Waals surface area contributed by atoms with Crippen LogP contribution in [0, 0.1) is 0 Å². The number of aromatic nitrogens is 1. The molecule has 0 bridgehead atoms. The highest BCUT2D eigenvalue weighted by atomic mass is 16.4. The number of hydrogen-bond acceptors (Lipinski definition) is 2. The highest BCUT2D eigenvalue weighted by Gasteiger charge is 2.06. The van der Waals surface area contributed by atoms with Gasteiger partial charge < -0.3 is 5.11 Å². The Kier molecular flexibility index (Phi) is 3.95. The summed E-state index contributed by atoms with van der Waals surface area (Å²) in [5, 5.41) is 8.81. The molecular weight excluding hydrogens is 238 g/mol. The molecule has 3 nitrogen and oxygen atoms in total. The minimum Gasteiger partial charge on any atom is -0.477 e. The van der Waals surface area contributed by atoms with Gasteiger partial charge in [0.1, 0.15) is 5.69 Å². The van der Waals surface area contributed by atoms with E-state index < -0.39 is 5.97 Å².